The lowest BCUT2D eigenvalue weighted by atomic mass is 10.1. The van der Waals surface area contributed by atoms with Gasteiger partial charge in [0.15, 0.2) is 0 Å². The van der Waals surface area contributed by atoms with E-state index >= 15 is 0 Å². The number of rotatable bonds is 9. The first-order valence-corrected chi connectivity index (χ1v) is 13.6. The van der Waals surface area contributed by atoms with Gasteiger partial charge >= 0.3 is 0 Å². The molecule has 0 amide bonds. The standard InChI is InChI=1S/C17H28O4SSi/c1-22(18,19)21-17(14-16(17)23(2,3)4)12-8-9-13-20-15-10-6-5-7-11-15/h5-7,10-11,16H,8-9,12-14H2,1-4H3/t16-,17-/m1/s1. The van der Waals surface area contributed by atoms with Crippen LogP contribution in [0.3, 0.4) is 0 Å². The Morgan fingerprint density at radius 2 is 1.83 bits per heavy atom. The topological polar surface area (TPSA) is 52.6 Å². The molecule has 1 aliphatic rings. The highest BCUT2D eigenvalue weighted by atomic mass is 32.2. The Morgan fingerprint density at radius 1 is 1.17 bits per heavy atom. The van der Waals surface area contributed by atoms with Gasteiger partial charge in [0, 0.05) is 0 Å². The second-order valence-electron chi connectivity index (χ2n) is 7.59. The first-order chi connectivity index (χ1) is 10.6. The van der Waals surface area contributed by atoms with Crippen molar-refractivity contribution in [2.45, 2.75) is 56.5 Å². The van der Waals surface area contributed by atoms with Crippen molar-refractivity contribution in [2.24, 2.45) is 0 Å². The Bertz CT molecular complexity index is 609. The number of para-hydroxylation sites is 1. The summed E-state index contributed by atoms with van der Waals surface area (Å²) < 4.78 is 34.4. The van der Waals surface area contributed by atoms with Crippen molar-refractivity contribution in [2.75, 3.05) is 12.9 Å². The molecule has 1 aromatic carbocycles. The van der Waals surface area contributed by atoms with Gasteiger partial charge in [-0.3, -0.25) is 4.18 Å². The Morgan fingerprint density at radius 3 is 2.35 bits per heavy atom. The van der Waals surface area contributed by atoms with Crippen LogP contribution < -0.4 is 4.74 Å². The van der Waals surface area contributed by atoms with E-state index in [0.29, 0.717) is 12.1 Å². The van der Waals surface area contributed by atoms with Crippen LogP contribution in [0, 0.1) is 0 Å². The minimum absolute atomic E-state index is 0.430. The highest BCUT2D eigenvalue weighted by Crippen LogP contribution is 2.61. The lowest BCUT2D eigenvalue weighted by Crippen LogP contribution is -2.30. The van der Waals surface area contributed by atoms with E-state index in [2.05, 4.69) is 19.6 Å². The molecule has 0 aliphatic heterocycles. The number of ether oxygens (including phenoxy) is 1. The molecule has 23 heavy (non-hydrogen) atoms. The molecule has 1 fully saturated rings. The van der Waals surface area contributed by atoms with Crippen LogP contribution in [0.1, 0.15) is 25.7 Å². The maximum absolute atomic E-state index is 11.6. The molecule has 0 unspecified atom stereocenters. The predicted molar refractivity (Wildman–Crippen MR) is 96.2 cm³/mol. The highest BCUT2D eigenvalue weighted by Gasteiger charge is 2.61. The molecule has 130 valence electrons. The third-order valence-corrected chi connectivity index (χ3v) is 7.85. The van der Waals surface area contributed by atoms with Gasteiger partial charge in [-0.05, 0) is 43.4 Å². The van der Waals surface area contributed by atoms with E-state index in [0.717, 1.165) is 37.7 Å². The fraction of sp³-hybridized carbons (Fsp3) is 0.647. The molecule has 0 spiro atoms. The molecule has 4 nitrogen and oxygen atoms in total. The highest BCUT2D eigenvalue weighted by molar-refractivity contribution is 7.86. The predicted octanol–water partition coefficient (Wildman–Crippen LogP) is 4.06. The third-order valence-electron chi connectivity index (χ3n) is 4.39. The number of unbranched alkanes of at least 4 members (excludes halogenated alkanes) is 1. The van der Waals surface area contributed by atoms with Crippen molar-refractivity contribution in [3.63, 3.8) is 0 Å². The van der Waals surface area contributed by atoms with E-state index < -0.39 is 23.8 Å². The Hall–Kier alpha value is -0.853. The summed E-state index contributed by atoms with van der Waals surface area (Å²) >= 11 is 0. The Labute approximate surface area is 141 Å². The van der Waals surface area contributed by atoms with Crippen molar-refractivity contribution >= 4 is 18.2 Å². The van der Waals surface area contributed by atoms with E-state index in [1.54, 1.807) is 0 Å². The molecule has 1 saturated carbocycles. The molecule has 1 aliphatic carbocycles. The molecule has 0 N–H and O–H groups in total. The average Bonchev–Trinajstić information content (AvgIpc) is 3.12. The molecule has 0 bridgehead atoms. The van der Waals surface area contributed by atoms with Crippen LogP contribution in [-0.4, -0.2) is 35.0 Å². The smallest absolute Gasteiger partial charge is 0.264 e. The third kappa shape index (κ3) is 5.62. The Balaban J connectivity index is 1.81. The van der Waals surface area contributed by atoms with Crippen LogP contribution in [0.2, 0.25) is 25.2 Å². The zero-order valence-corrected chi connectivity index (χ0v) is 16.4. The summed E-state index contributed by atoms with van der Waals surface area (Å²) in [6.07, 6.45) is 4.67. The van der Waals surface area contributed by atoms with Crippen LogP contribution in [0.5, 0.6) is 5.75 Å². The first kappa shape index (κ1) is 18.5. The van der Waals surface area contributed by atoms with Crippen molar-refractivity contribution in [3.05, 3.63) is 30.3 Å². The lowest BCUT2D eigenvalue weighted by molar-refractivity contribution is 0.170. The lowest BCUT2D eigenvalue weighted by Gasteiger charge is -2.23. The minimum Gasteiger partial charge on any atom is -0.494 e. The molecule has 2 atom stereocenters. The summed E-state index contributed by atoms with van der Waals surface area (Å²) in [4.78, 5) is 0. The summed E-state index contributed by atoms with van der Waals surface area (Å²) in [6.45, 7) is 7.49. The van der Waals surface area contributed by atoms with Gasteiger partial charge in [0.2, 0.25) is 0 Å². The molecule has 6 heteroatoms. The molecule has 0 radical (unpaired) electrons. The number of benzene rings is 1. The van der Waals surface area contributed by atoms with Crippen LogP contribution >= 0.6 is 0 Å². The molecule has 1 aromatic rings. The normalized spacial score (nSPS) is 24.4. The number of hydrogen-bond acceptors (Lipinski definition) is 4. The van der Waals surface area contributed by atoms with E-state index in [4.69, 9.17) is 8.92 Å². The maximum atomic E-state index is 11.6. The van der Waals surface area contributed by atoms with Gasteiger partial charge in [0.1, 0.15) is 5.75 Å². The Kier molecular flexibility index (Phi) is 5.58. The quantitative estimate of drug-likeness (QED) is 0.380. The molecule has 0 heterocycles. The number of hydrogen-bond donors (Lipinski definition) is 0. The summed E-state index contributed by atoms with van der Waals surface area (Å²) in [7, 11) is -4.81. The van der Waals surface area contributed by atoms with E-state index in [1.165, 1.54) is 0 Å². The minimum atomic E-state index is -3.41. The summed E-state index contributed by atoms with van der Waals surface area (Å²) in [6, 6.07) is 9.75. The van der Waals surface area contributed by atoms with Crippen LogP contribution in [-0.2, 0) is 14.3 Å². The molecular weight excluding hydrogens is 328 g/mol. The van der Waals surface area contributed by atoms with Gasteiger partial charge in [-0.25, -0.2) is 0 Å². The monoisotopic (exact) mass is 356 g/mol. The zero-order valence-electron chi connectivity index (χ0n) is 14.5. The fourth-order valence-corrected chi connectivity index (χ4v) is 7.02. The zero-order chi connectivity index (χ0) is 17.1. The van der Waals surface area contributed by atoms with E-state index in [1.807, 2.05) is 30.3 Å². The van der Waals surface area contributed by atoms with Gasteiger partial charge in [-0.15, -0.1) is 0 Å². The van der Waals surface area contributed by atoms with Gasteiger partial charge < -0.3 is 4.74 Å². The van der Waals surface area contributed by atoms with Gasteiger partial charge in [0.25, 0.3) is 10.1 Å². The van der Waals surface area contributed by atoms with Gasteiger partial charge in [0.05, 0.1) is 26.5 Å². The fourth-order valence-electron chi connectivity index (χ4n) is 3.33. The average molecular weight is 357 g/mol. The van der Waals surface area contributed by atoms with Crippen LogP contribution in [0.25, 0.3) is 0 Å². The van der Waals surface area contributed by atoms with Gasteiger partial charge in [-0.2, -0.15) is 8.42 Å². The van der Waals surface area contributed by atoms with Crippen molar-refractivity contribution in [3.8, 4) is 5.75 Å². The van der Waals surface area contributed by atoms with Gasteiger partial charge in [-0.1, -0.05) is 37.8 Å². The SMILES string of the molecule is C[Si](C)(C)[C@@H]1C[C@@]1(CCCCOc1ccccc1)OS(C)(=O)=O. The molecule has 0 saturated heterocycles. The van der Waals surface area contributed by atoms with E-state index in [9.17, 15) is 8.42 Å². The second kappa shape index (κ2) is 6.95. The maximum Gasteiger partial charge on any atom is 0.264 e. The largest absolute Gasteiger partial charge is 0.494 e. The van der Waals surface area contributed by atoms with Crippen molar-refractivity contribution in [1.29, 1.82) is 0 Å². The molecular formula is C17H28O4SSi. The van der Waals surface area contributed by atoms with Crippen LogP contribution in [0.15, 0.2) is 30.3 Å². The second-order valence-corrected chi connectivity index (χ2v) is 14.6. The molecule has 0 aromatic heterocycles. The van der Waals surface area contributed by atoms with Crippen molar-refractivity contribution in [1.82, 2.24) is 0 Å². The van der Waals surface area contributed by atoms with Crippen molar-refractivity contribution < 1.29 is 17.3 Å². The van der Waals surface area contributed by atoms with E-state index in [-0.39, 0.29) is 0 Å². The summed E-state index contributed by atoms with van der Waals surface area (Å²) in [5, 5.41) is 0. The molecule has 2 rings (SSSR count). The summed E-state index contributed by atoms with van der Waals surface area (Å²) in [5.41, 5.74) is -0.00934. The summed E-state index contributed by atoms with van der Waals surface area (Å²) in [5.74, 6) is 0.876. The first-order valence-electron chi connectivity index (χ1n) is 8.21. The van der Waals surface area contributed by atoms with Crippen LogP contribution in [0.4, 0.5) is 0 Å².